The van der Waals surface area contributed by atoms with Gasteiger partial charge in [-0.15, -0.1) is 0 Å². The molecule has 0 saturated heterocycles. The number of nitrogens with zero attached hydrogens (tertiary/aromatic N) is 1. The number of hydrogen-bond acceptors (Lipinski definition) is 4. The highest BCUT2D eigenvalue weighted by Gasteiger charge is 2.32. The predicted molar refractivity (Wildman–Crippen MR) is 126 cm³/mol. The van der Waals surface area contributed by atoms with Crippen LogP contribution < -0.4 is 23.5 Å². The van der Waals surface area contributed by atoms with E-state index in [9.17, 15) is 0 Å². The van der Waals surface area contributed by atoms with Gasteiger partial charge in [0.05, 0.1) is 25.2 Å². The van der Waals surface area contributed by atoms with Crippen LogP contribution in [-0.4, -0.2) is 21.0 Å². The van der Waals surface area contributed by atoms with Crippen molar-refractivity contribution in [3.05, 3.63) is 77.0 Å². The molecule has 4 aromatic rings. The fourth-order valence-corrected chi connectivity index (χ4v) is 5.10. The fraction of sp³-hybridized carbons (Fsp3) is 0.250. The van der Waals surface area contributed by atoms with Crippen LogP contribution in [0, 0.1) is 6.92 Å². The maximum Gasteiger partial charge on any atom is 0.231 e. The maximum atomic E-state index is 5.82. The van der Waals surface area contributed by atoms with Crippen LogP contribution in [-0.2, 0) is 19.4 Å². The van der Waals surface area contributed by atoms with Crippen LogP contribution in [0.1, 0.15) is 22.3 Å². The monoisotopic (exact) mass is 440 g/mol. The molecule has 0 saturated carbocycles. The van der Waals surface area contributed by atoms with Crippen LogP contribution in [0.3, 0.4) is 0 Å². The highest BCUT2D eigenvalue weighted by Crippen LogP contribution is 2.44. The standard InChI is InChI=1S/C28H26NO4/c1-17-4-6-18(7-5-17)12-22-20-8-9-24(30-2)28(31-3)23(20)15-29-11-10-19-13-25-26(33-16-32-25)14-21(19)27(22)29/h4-9,13-15H,10-12,16H2,1-3H3/q+1. The van der Waals surface area contributed by atoms with Crippen molar-refractivity contribution in [1.29, 1.82) is 0 Å². The number of pyridine rings is 1. The van der Waals surface area contributed by atoms with E-state index in [0.29, 0.717) is 0 Å². The lowest BCUT2D eigenvalue weighted by molar-refractivity contribution is -0.686. The minimum Gasteiger partial charge on any atom is -0.493 e. The summed E-state index contributed by atoms with van der Waals surface area (Å²) in [5.41, 5.74) is 7.55. The summed E-state index contributed by atoms with van der Waals surface area (Å²) >= 11 is 0. The zero-order valence-corrected chi connectivity index (χ0v) is 19.1. The van der Waals surface area contributed by atoms with E-state index >= 15 is 0 Å². The van der Waals surface area contributed by atoms with Gasteiger partial charge in [0.15, 0.2) is 35.7 Å². The zero-order valence-electron chi connectivity index (χ0n) is 19.1. The normalized spacial score (nSPS) is 13.5. The third kappa shape index (κ3) is 3.18. The van der Waals surface area contributed by atoms with E-state index in [4.69, 9.17) is 18.9 Å². The second kappa shape index (κ2) is 7.69. The molecule has 3 aromatic carbocycles. The van der Waals surface area contributed by atoms with E-state index in [1.54, 1.807) is 14.2 Å². The van der Waals surface area contributed by atoms with Crippen molar-refractivity contribution in [2.75, 3.05) is 21.0 Å². The van der Waals surface area contributed by atoms with Gasteiger partial charge in [0, 0.05) is 23.8 Å². The van der Waals surface area contributed by atoms with Gasteiger partial charge in [-0.3, -0.25) is 0 Å². The van der Waals surface area contributed by atoms with Crippen molar-refractivity contribution in [3.8, 4) is 34.3 Å². The smallest absolute Gasteiger partial charge is 0.231 e. The molecule has 6 rings (SSSR count). The molecule has 0 bridgehead atoms. The van der Waals surface area contributed by atoms with Crippen molar-refractivity contribution < 1.29 is 23.5 Å². The van der Waals surface area contributed by atoms with E-state index in [2.05, 4.69) is 60.2 Å². The molecule has 166 valence electrons. The zero-order chi connectivity index (χ0) is 22.5. The van der Waals surface area contributed by atoms with Crippen molar-refractivity contribution in [1.82, 2.24) is 0 Å². The van der Waals surface area contributed by atoms with Crippen LogP contribution in [0.2, 0.25) is 0 Å². The van der Waals surface area contributed by atoms with Crippen molar-refractivity contribution >= 4 is 10.8 Å². The van der Waals surface area contributed by atoms with E-state index in [0.717, 1.165) is 47.8 Å². The molecule has 0 spiro atoms. The first-order valence-electron chi connectivity index (χ1n) is 11.2. The molecule has 0 N–H and O–H groups in total. The first-order chi connectivity index (χ1) is 16.2. The third-order valence-electron chi connectivity index (χ3n) is 6.74. The van der Waals surface area contributed by atoms with Gasteiger partial charge in [-0.1, -0.05) is 29.8 Å². The Morgan fingerprint density at radius 1 is 0.909 bits per heavy atom. The molecule has 5 heteroatoms. The van der Waals surface area contributed by atoms with Gasteiger partial charge in [0.25, 0.3) is 0 Å². The SMILES string of the molecule is COc1ccc2c(Cc3ccc(C)cc3)c3[n+](cc2c1OC)CCc1cc2c(cc1-3)OCO2. The summed E-state index contributed by atoms with van der Waals surface area (Å²) in [6.07, 6.45) is 3.96. The lowest BCUT2D eigenvalue weighted by atomic mass is 9.88. The molecule has 5 nitrogen and oxygen atoms in total. The van der Waals surface area contributed by atoms with Crippen LogP contribution in [0.25, 0.3) is 22.0 Å². The Bertz CT molecular complexity index is 1390. The second-order valence-corrected chi connectivity index (χ2v) is 8.69. The molecule has 3 heterocycles. The van der Waals surface area contributed by atoms with Gasteiger partial charge in [-0.05, 0) is 42.3 Å². The minimum atomic E-state index is 0.281. The number of ether oxygens (including phenoxy) is 4. The summed E-state index contributed by atoms with van der Waals surface area (Å²) in [5, 5.41) is 2.23. The second-order valence-electron chi connectivity index (χ2n) is 8.69. The number of hydrogen-bond donors (Lipinski definition) is 0. The largest absolute Gasteiger partial charge is 0.493 e. The Morgan fingerprint density at radius 2 is 1.70 bits per heavy atom. The Hall–Kier alpha value is -3.73. The Morgan fingerprint density at radius 3 is 2.45 bits per heavy atom. The molecule has 1 aromatic heterocycles. The number of aryl methyl sites for hydroxylation is 3. The molecular weight excluding hydrogens is 414 g/mol. The molecule has 0 radical (unpaired) electrons. The van der Waals surface area contributed by atoms with Gasteiger partial charge in [0.2, 0.25) is 12.5 Å². The molecule has 0 atom stereocenters. The minimum absolute atomic E-state index is 0.281. The van der Waals surface area contributed by atoms with Gasteiger partial charge < -0.3 is 18.9 Å². The van der Waals surface area contributed by atoms with Crippen LogP contribution in [0.4, 0.5) is 0 Å². The van der Waals surface area contributed by atoms with Crippen molar-refractivity contribution in [2.24, 2.45) is 0 Å². The third-order valence-corrected chi connectivity index (χ3v) is 6.74. The summed E-state index contributed by atoms with van der Waals surface area (Å²) in [6.45, 7) is 3.29. The summed E-state index contributed by atoms with van der Waals surface area (Å²) in [5.74, 6) is 3.17. The molecule has 33 heavy (non-hydrogen) atoms. The maximum absolute atomic E-state index is 5.82. The number of rotatable bonds is 4. The van der Waals surface area contributed by atoms with Crippen molar-refractivity contribution in [3.63, 3.8) is 0 Å². The molecule has 0 amide bonds. The first kappa shape index (κ1) is 19.9. The summed E-state index contributed by atoms with van der Waals surface area (Å²) in [4.78, 5) is 0. The average molecular weight is 441 g/mol. The molecule has 0 fully saturated rings. The number of fused-ring (bicyclic) bond motifs is 5. The van der Waals surface area contributed by atoms with E-state index in [1.165, 1.54) is 38.9 Å². The van der Waals surface area contributed by atoms with E-state index < -0.39 is 0 Å². The van der Waals surface area contributed by atoms with Crippen LogP contribution >= 0.6 is 0 Å². The highest BCUT2D eigenvalue weighted by molar-refractivity contribution is 5.95. The van der Waals surface area contributed by atoms with Crippen LogP contribution in [0.15, 0.2) is 54.7 Å². The van der Waals surface area contributed by atoms with Gasteiger partial charge in [-0.25, -0.2) is 0 Å². The summed E-state index contributed by atoms with van der Waals surface area (Å²) in [7, 11) is 3.39. The fourth-order valence-electron chi connectivity index (χ4n) is 5.10. The van der Waals surface area contributed by atoms with Crippen molar-refractivity contribution in [2.45, 2.75) is 26.3 Å². The Kier molecular flexibility index (Phi) is 4.64. The lowest BCUT2D eigenvalue weighted by Gasteiger charge is -2.21. The lowest BCUT2D eigenvalue weighted by Crippen LogP contribution is -2.41. The summed E-state index contributed by atoms with van der Waals surface area (Å²) < 4.78 is 25.2. The predicted octanol–water partition coefficient (Wildman–Crippen LogP) is 5.00. The van der Waals surface area contributed by atoms with Crippen LogP contribution in [0.5, 0.6) is 23.0 Å². The van der Waals surface area contributed by atoms with Gasteiger partial charge in [0.1, 0.15) is 0 Å². The van der Waals surface area contributed by atoms with Gasteiger partial charge >= 0.3 is 0 Å². The topological polar surface area (TPSA) is 40.8 Å². The number of benzene rings is 3. The van der Waals surface area contributed by atoms with E-state index in [-0.39, 0.29) is 6.79 Å². The molecule has 2 aliphatic heterocycles. The number of aromatic nitrogens is 1. The van der Waals surface area contributed by atoms with E-state index in [1.807, 2.05) is 6.07 Å². The molecule has 2 aliphatic rings. The molecule has 0 unspecified atom stereocenters. The first-order valence-corrected chi connectivity index (χ1v) is 11.2. The summed E-state index contributed by atoms with van der Waals surface area (Å²) in [6, 6.07) is 17.2. The molecular formula is C28H26NO4+. The Balaban J connectivity index is 1.65. The van der Waals surface area contributed by atoms with Gasteiger partial charge in [-0.2, -0.15) is 4.57 Å². The molecule has 0 aliphatic carbocycles. The number of methoxy groups -OCH3 is 2. The average Bonchev–Trinajstić information content (AvgIpc) is 3.30. The quantitative estimate of drug-likeness (QED) is 0.419. The Labute approximate surface area is 193 Å². The highest BCUT2D eigenvalue weighted by atomic mass is 16.7.